The van der Waals surface area contributed by atoms with Crippen LogP contribution in [-0.2, 0) is 14.3 Å². The summed E-state index contributed by atoms with van der Waals surface area (Å²) >= 11 is 0. The average molecular weight is 400 g/mol. The molecule has 0 aromatic rings. The van der Waals surface area contributed by atoms with Crippen LogP contribution in [0.15, 0.2) is 0 Å². The molecule has 0 aromatic heterocycles. The van der Waals surface area contributed by atoms with Crippen LogP contribution < -0.4 is 0 Å². The van der Waals surface area contributed by atoms with Crippen molar-refractivity contribution < 1.29 is 44.0 Å². The van der Waals surface area contributed by atoms with Gasteiger partial charge in [0.25, 0.3) is 15.7 Å². The number of aliphatic hydroxyl groups is 1. The standard InChI is InChI=1S/C14H22F6O4S/c1-5-9(10-7-11(3,4)24-25(10,22)23)6-8(2)12(21,13(15,16)17)14(18,19)20/h8-10,21H,5-7H2,1-4H3. The van der Waals surface area contributed by atoms with Gasteiger partial charge in [0.15, 0.2) is 0 Å². The van der Waals surface area contributed by atoms with Crippen molar-refractivity contribution >= 4 is 10.1 Å². The molecule has 0 aliphatic carbocycles. The lowest BCUT2D eigenvalue weighted by molar-refractivity contribution is -0.384. The van der Waals surface area contributed by atoms with Crippen LogP contribution >= 0.6 is 0 Å². The molecular weight excluding hydrogens is 378 g/mol. The van der Waals surface area contributed by atoms with Gasteiger partial charge in [-0.05, 0) is 32.6 Å². The van der Waals surface area contributed by atoms with Gasteiger partial charge in [-0.25, -0.2) is 0 Å². The first kappa shape index (κ1) is 22.5. The van der Waals surface area contributed by atoms with Gasteiger partial charge in [0.1, 0.15) is 0 Å². The van der Waals surface area contributed by atoms with E-state index in [4.69, 9.17) is 4.18 Å². The number of hydrogen-bond acceptors (Lipinski definition) is 4. The van der Waals surface area contributed by atoms with Crippen LogP contribution in [-0.4, -0.2) is 42.3 Å². The zero-order valence-corrected chi connectivity index (χ0v) is 15.0. The number of hydrogen-bond donors (Lipinski definition) is 1. The lowest BCUT2D eigenvalue weighted by atomic mass is 9.78. The van der Waals surface area contributed by atoms with E-state index in [1.54, 1.807) is 0 Å². The van der Waals surface area contributed by atoms with Gasteiger partial charge in [-0.2, -0.15) is 34.8 Å². The van der Waals surface area contributed by atoms with Crippen LogP contribution in [0.5, 0.6) is 0 Å². The summed E-state index contributed by atoms with van der Waals surface area (Å²) in [5.74, 6) is -3.30. The molecule has 0 saturated carbocycles. The van der Waals surface area contributed by atoms with E-state index in [2.05, 4.69) is 0 Å². The normalized spacial score (nSPS) is 26.4. The van der Waals surface area contributed by atoms with Crippen LogP contribution in [0.2, 0.25) is 0 Å². The topological polar surface area (TPSA) is 63.6 Å². The Hall–Kier alpha value is -0.550. The predicted molar refractivity (Wildman–Crippen MR) is 77.1 cm³/mol. The molecule has 1 rings (SSSR count). The molecular formula is C14H22F6O4S. The first-order chi connectivity index (χ1) is 10.9. The molecule has 3 unspecified atom stereocenters. The van der Waals surface area contributed by atoms with Crippen molar-refractivity contribution in [1.82, 2.24) is 0 Å². The quantitative estimate of drug-likeness (QED) is 0.563. The zero-order valence-electron chi connectivity index (χ0n) is 14.2. The summed E-state index contributed by atoms with van der Waals surface area (Å²) in [6.07, 6.45) is -12.7. The lowest BCUT2D eigenvalue weighted by Crippen LogP contribution is -2.61. The Labute approximate surface area is 142 Å². The van der Waals surface area contributed by atoms with Gasteiger partial charge in [0, 0.05) is 5.92 Å². The van der Waals surface area contributed by atoms with Crippen LogP contribution in [0.25, 0.3) is 0 Å². The van der Waals surface area contributed by atoms with Crippen molar-refractivity contribution in [2.75, 3.05) is 0 Å². The summed E-state index contributed by atoms with van der Waals surface area (Å²) < 4.78 is 107. The Balaban J connectivity index is 3.16. The molecule has 1 heterocycles. The maximum absolute atomic E-state index is 12.9. The largest absolute Gasteiger partial charge is 0.426 e. The smallest absolute Gasteiger partial charge is 0.373 e. The van der Waals surface area contributed by atoms with Gasteiger partial charge in [0.2, 0.25) is 0 Å². The third-order valence-electron chi connectivity index (χ3n) is 4.69. The van der Waals surface area contributed by atoms with Gasteiger partial charge >= 0.3 is 12.4 Å². The Morgan fingerprint density at radius 3 is 1.88 bits per heavy atom. The van der Waals surface area contributed by atoms with Crippen molar-refractivity contribution in [1.29, 1.82) is 0 Å². The highest BCUT2D eigenvalue weighted by atomic mass is 32.2. The van der Waals surface area contributed by atoms with E-state index in [-0.39, 0.29) is 12.8 Å². The van der Waals surface area contributed by atoms with E-state index >= 15 is 0 Å². The average Bonchev–Trinajstić information content (AvgIpc) is 2.59. The second kappa shape index (κ2) is 6.56. The second-order valence-corrected chi connectivity index (χ2v) is 8.90. The predicted octanol–water partition coefficient (Wildman–Crippen LogP) is 3.79. The Bertz CT molecular complexity index is 567. The van der Waals surface area contributed by atoms with Gasteiger partial charge in [-0.15, -0.1) is 0 Å². The maximum Gasteiger partial charge on any atom is 0.426 e. The summed E-state index contributed by atoms with van der Waals surface area (Å²) in [5, 5.41) is 8.22. The van der Waals surface area contributed by atoms with Crippen molar-refractivity contribution in [2.45, 2.75) is 75.8 Å². The minimum absolute atomic E-state index is 0.0273. The third-order valence-corrected chi connectivity index (χ3v) is 6.67. The monoisotopic (exact) mass is 400 g/mol. The van der Waals surface area contributed by atoms with Crippen molar-refractivity contribution in [3.63, 3.8) is 0 Å². The molecule has 150 valence electrons. The minimum Gasteiger partial charge on any atom is -0.373 e. The molecule has 3 atom stereocenters. The SMILES string of the molecule is CCC(CC(C)C(O)(C(F)(F)F)C(F)(F)F)C1CC(C)(C)OS1(=O)=O. The zero-order chi connectivity index (χ0) is 20.1. The fourth-order valence-corrected chi connectivity index (χ4v) is 5.53. The van der Waals surface area contributed by atoms with Crippen molar-refractivity contribution in [3.05, 3.63) is 0 Å². The molecule has 1 aliphatic heterocycles. The van der Waals surface area contributed by atoms with Crippen LogP contribution in [0, 0.1) is 11.8 Å². The Morgan fingerprint density at radius 1 is 1.16 bits per heavy atom. The molecule has 0 aromatic carbocycles. The molecule has 25 heavy (non-hydrogen) atoms. The molecule has 11 heteroatoms. The summed E-state index contributed by atoms with van der Waals surface area (Å²) in [4.78, 5) is 0. The van der Waals surface area contributed by atoms with E-state index in [0.717, 1.165) is 0 Å². The van der Waals surface area contributed by atoms with Crippen LogP contribution in [0.3, 0.4) is 0 Å². The van der Waals surface area contributed by atoms with Gasteiger partial charge in [-0.1, -0.05) is 20.3 Å². The molecule has 1 aliphatic rings. The molecule has 1 fully saturated rings. The molecule has 4 nitrogen and oxygen atoms in total. The highest BCUT2D eigenvalue weighted by molar-refractivity contribution is 7.87. The summed E-state index contributed by atoms with van der Waals surface area (Å²) in [5.41, 5.74) is -5.99. The van der Waals surface area contributed by atoms with Gasteiger partial charge in [0.05, 0.1) is 10.9 Å². The highest BCUT2D eigenvalue weighted by Gasteiger charge is 2.72. The first-order valence-corrected chi connectivity index (χ1v) is 9.16. The number of alkyl halides is 6. The second-order valence-electron chi connectivity index (χ2n) is 7.15. The Kier molecular flexibility index (Phi) is 5.90. The summed E-state index contributed by atoms with van der Waals surface area (Å²) in [7, 11) is -4.11. The van der Waals surface area contributed by atoms with E-state index < -0.39 is 57.2 Å². The van der Waals surface area contributed by atoms with Gasteiger partial charge < -0.3 is 5.11 Å². The summed E-state index contributed by atoms with van der Waals surface area (Å²) in [6, 6.07) is 0. The number of halogens is 6. The molecule has 1 N–H and O–H groups in total. The van der Waals surface area contributed by atoms with E-state index in [1.807, 2.05) is 0 Å². The first-order valence-electron chi connectivity index (χ1n) is 7.69. The van der Waals surface area contributed by atoms with Crippen LogP contribution in [0.1, 0.15) is 47.0 Å². The Morgan fingerprint density at radius 2 is 1.60 bits per heavy atom. The van der Waals surface area contributed by atoms with E-state index in [9.17, 15) is 39.9 Å². The minimum atomic E-state index is -5.94. The number of rotatable bonds is 5. The van der Waals surface area contributed by atoms with Crippen molar-refractivity contribution in [2.24, 2.45) is 11.8 Å². The van der Waals surface area contributed by atoms with Gasteiger partial charge in [-0.3, -0.25) is 4.18 Å². The summed E-state index contributed by atoms with van der Waals surface area (Å²) in [6.45, 7) is 5.04. The van der Waals surface area contributed by atoms with Crippen molar-refractivity contribution in [3.8, 4) is 0 Å². The molecule has 0 bridgehead atoms. The third kappa shape index (κ3) is 4.24. The van der Waals surface area contributed by atoms with Crippen LogP contribution in [0.4, 0.5) is 26.3 Å². The molecule has 1 saturated heterocycles. The highest BCUT2D eigenvalue weighted by Crippen LogP contribution is 2.50. The van der Waals surface area contributed by atoms with E-state index in [1.165, 1.54) is 20.8 Å². The maximum atomic E-state index is 12.9. The van der Waals surface area contributed by atoms with E-state index in [0.29, 0.717) is 6.92 Å². The fourth-order valence-electron chi connectivity index (χ4n) is 3.32. The molecule has 0 radical (unpaired) electrons. The molecule has 0 amide bonds. The fraction of sp³-hybridized carbons (Fsp3) is 1.00. The lowest BCUT2D eigenvalue weighted by Gasteiger charge is -2.39. The molecule has 0 spiro atoms.